The van der Waals surface area contributed by atoms with Gasteiger partial charge in [-0.2, -0.15) is 5.10 Å². The standard InChI is InChI=1S/C15H20ClN3O2/c1-19-7-5-12(18-19)4-6-17-10-11-8-13(16)15(21-3)14(9-11)20-2/h5,7-9,17H,4,6,10H2,1-3H3. The zero-order valence-corrected chi connectivity index (χ0v) is 13.3. The highest BCUT2D eigenvalue weighted by Crippen LogP contribution is 2.35. The summed E-state index contributed by atoms with van der Waals surface area (Å²) in [6, 6.07) is 5.84. The van der Waals surface area contributed by atoms with Crippen LogP contribution in [0, 0.1) is 0 Å². The van der Waals surface area contributed by atoms with Crippen LogP contribution < -0.4 is 14.8 Å². The van der Waals surface area contributed by atoms with Crippen LogP contribution in [0.2, 0.25) is 5.02 Å². The zero-order chi connectivity index (χ0) is 15.2. The Hall–Kier alpha value is -1.72. The van der Waals surface area contributed by atoms with Crippen LogP contribution in [0.3, 0.4) is 0 Å². The number of methoxy groups -OCH3 is 2. The number of hydrogen-bond donors (Lipinski definition) is 1. The first-order valence-corrected chi connectivity index (χ1v) is 7.11. The Labute approximate surface area is 129 Å². The first kappa shape index (κ1) is 15.7. The third-order valence-corrected chi connectivity index (χ3v) is 3.43. The highest BCUT2D eigenvalue weighted by Gasteiger charge is 2.10. The van der Waals surface area contributed by atoms with Gasteiger partial charge < -0.3 is 14.8 Å². The van der Waals surface area contributed by atoms with Gasteiger partial charge in [0.1, 0.15) is 0 Å². The maximum atomic E-state index is 6.18. The lowest BCUT2D eigenvalue weighted by molar-refractivity contribution is 0.354. The molecule has 2 rings (SSSR count). The Morgan fingerprint density at radius 2 is 2.10 bits per heavy atom. The summed E-state index contributed by atoms with van der Waals surface area (Å²) < 4.78 is 12.3. The summed E-state index contributed by atoms with van der Waals surface area (Å²) in [5.41, 5.74) is 2.13. The van der Waals surface area contributed by atoms with Gasteiger partial charge in [-0.1, -0.05) is 11.6 Å². The van der Waals surface area contributed by atoms with Crippen molar-refractivity contribution < 1.29 is 9.47 Å². The van der Waals surface area contributed by atoms with Crippen LogP contribution in [0.4, 0.5) is 0 Å². The summed E-state index contributed by atoms with van der Waals surface area (Å²) in [4.78, 5) is 0. The minimum atomic E-state index is 0.554. The summed E-state index contributed by atoms with van der Waals surface area (Å²) >= 11 is 6.18. The van der Waals surface area contributed by atoms with Gasteiger partial charge in [0.05, 0.1) is 24.9 Å². The lowest BCUT2D eigenvalue weighted by Gasteiger charge is -2.12. The molecule has 1 heterocycles. The van der Waals surface area contributed by atoms with Gasteiger partial charge in [0, 0.05) is 32.8 Å². The maximum absolute atomic E-state index is 6.18. The molecule has 114 valence electrons. The fourth-order valence-corrected chi connectivity index (χ4v) is 2.43. The predicted octanol–water partition coefficient (Wildman–Crippen LogP) is 2.42. The van der Waals surface area contributed by atoms with E-state index in [-0.39, 0.29) is 0 Å². The number of ether oxygens (including phenoxy) is 2. The lowest BCUT2D eigenvalue weighted by atomic mass is 10.2. The van der Waals surface area contributed by atoms with Gasteiger partial charge in [0.2, 0.25) is 0 Å². The summed E-state index contributed by atoms with van der Waals surface area (Å²) in [6.07, 6.45) is 2.84. The number of halogens is 1. The third-order valence-electron chi connectivity index (χ3n) is 3.15. The number of hydrogen-bond acceptors (Lipinski definition) is 4. The van der Waals surface area contributed by atoms with E-state index in [2.05, 4.69) is 10.4 Å². The maximum Gasteiger partial charge on any atom is 0.179 e. The SMILES string of the molecule is COc1cc(CNCCc2ccn(C)n2)cc(Cl)c1OC. The molecule has 0 aliphatic heterocycles. The Morgan fingerprint density at radius 3 is 2.71 bits per heavy atom. The Kier molecular flexibility index (Phi) is 5.47. The average Bonchev–Trinajstić information content (AvgIpc) is 2.88. The van der Waals surface area contributed by atoms with Gasteiger partial charge in [-0.15, -0.1) is 0 Å². The van der Waals surface area contributed by atoms with Crippen molar-refractivity contribution >= 4 is 11.6 Å². The van der Waals surface area contributed by atoms with Gasteiger partial charge >= 0.3 is 0 Å². The molecule has 0 radical (unpaired) electrons. The summed E-state index contributed by atoms with van der Waals surface area (Å²) in [5.74, 6) is 1.21. The van der Waals surface area contributed by atoms with E-state index in [1.807, 2.05) is 36.1 Å². The molecule has 0 aliphatic carbocycles. The van der Waals surface area contributed by atoms with E-state index in [0.29, 0.717) is 23.1 Å². The molecule has 0 spiro atoms. The molecule has 1 aromatic heterocycles. The molecule has 0 amide bonds. The highest BCUT2D eigenvalue weighted by atomic mass is 35.5. The van der Waals surface area contributed by atoms with Crippen molar-refractivity contribution in [3.05, 3.63) is 40.7 Å². The first-order valence-electron chi connectivity index (χ1n) is 6.73. The fraction of sp³-hybridized carbons (Fsp3) is 0.400. The molecule has 0 saturated carbocycles. The Bertz CT molecular complexity index is 599. The third kappa shape index (κ3) is 4.12. The molecule has 0 saturated heterocycles. The first-order chi connectivity index (χ1) is 10.1. The topological polar surface area (TPSA) is 48.3 Å². The summed E-state index contributed by atoms with van der Waals surface area (Å²) in [5, 5.41) is 8.26. The number of nitrogens with zero attached hydrogens (tertiary/aromatic N) is 2. The van der Waals surface area contributed by atoms with Crippen molar-refractivity contribution in [2.75, 3.05) is 20.8 Å². The molecule has 1 N–H and O–H groups in total. The van der Waals surface area contributed by atoms with Crippen LogP contribution in [0.5, 0.6) is 11.5 Å². The summed E-state index contributed by atoms with van der Waals surface area (Å²) in [7, 11) is 5.10. The molecule has 1 aromatic carbocycles. The molecule has 6 heteroatoms. The van der Waals surface area contributed by atoms with Crippen LogP contribution >= 0.6 is 11.6 Å². The largest absolute Gasteiger partial charge is 0.493 e. The molecule has 0 bridgehead atoms. The van der Waals surface area contributed by atoms with Crippen molar-refractivity contribution in [2.24, 2.45) is 7.05 Å². The van der Waals surface area contributed by atoms with Crippen molar-refractivity contribution in [1.82, 2.24) is 15.1 Å². The van der Waals surface area contributed by atoms with Gasteiger partial charge in [0.15, 0.2) is 11.5 Å². The van der Waals surface area contributed by atoms with E-state index < -0.39 is 0 Å². The minimum Gasteiger partial charge on any atom is -0.493 e. The van der Waals surface area contributed by atoms with Gasteiger partial charge in [-0.05, 0) is 23.8 Å². The zero-order valence-electron chi connectivity index (χ0n) is 12.5. The van der Waals surface area contributed by atoms with Gasteiger partial charge in [-0.3, -0.25) is 4.68 Å². The van der Waals surface area contributed by atoms with Crippen molar-refractivity contribution in [3.8, 4) is 11.5 Å². The quantitative estimate of drug-likeness (QED) is 0.798. The molecule has 0 fully saturated rings. The summed E-state index contributed by atoms with van der Waals surface area (Å²) in [6.45, 7) is 1.57. The van der Waals surface area contributed by atoms with E-state index in [0.717, 1.165) is 24.2 Å². The second kappa shape index (κ2) is 7.33. The Morgan fingerprint density at radius 1 is 1.29 bits per heavy atom. The monoisotopic (exact) mass is 309 g/mol. The molecular weight excluding hydrogens is 290 g/mol. The number of benzene rings is 1. The number of nitrogens with one attached hydrogen (secondary N) is 1. The molecule has 21 heavy (non-hydrogen) atoms. The van der Waals surface area contributed by atoms with Gasteiger partial charge in [-0.25, -0.2) is 0 Å². The van der Waals surface area contributed by atoms with E-state index in [9.17, 15) is 0 Å². The van der Waals surface area contributed by atoms with E-state index in [1.165, 1.54) is 0 Å². The Balaban J connectivity index is 1.89. The fourth-order valence-electron chi connectivity index (χ4n) is 2.12. The number of aryl methyl sites for hydroxylation is 1. The molecule has 0 aliphatic rings. The lowest BCUT2D eigenvalue weighted by Crippen LogP contribution is -2.17. The molecule has 0 atom stereocenters. The normalized spacial score (nSPS) is 10.7. The van der Waals surface area contributed by atoms with Crippen LogP contribution in [-0.2, 0) is 20.0 Å². The minimum absolute atomic E-state index is 0.554. The van der Waals surface area contributed by atoms with E-state index in [1.54, 1.807) is 14.2 Å². The number of aromatic nitrogens is 2. The molecular formula is C15H20ClN3O2. The molecule has 0 unspecified atom stereocenters. The smallest absolute Gasteiger partial charge is 0.179 e. The van der Waals surface area contributed by atoms with Crippen LogP contribution in [0.15, 0.2) is 24.4 Å². The van der Waals surface area contributed by atoms with Crippen LogP contribution in [0.1, 0.15) is 11.3 Å². The van der Waals surface area contributed by atoms with Gasteiger partial charge in [0.25, 0.3) is 0 Å². The van der Waals surface area contributed by atoms with Crippen LogP contribution in [-0.4, -0.2) is 30.5 Å². The van der Waals surface area contributed by atoms with Crippen molar-refractivity contribution in [1.29, 1.82) is 0 Å². The molecule has 5 nitrogen and oxygen atoms in total. The second-order valence-electron chi connectivity index (χ2n) is 4.72. The second-order valence-corrected chi connectivity index (χ2v) is 5.13. The molecule has 2 aromatic rings. The van der Waals surface area contributed by atoms with E-state index in [4.69, 9.17) is 21.1 Å². The number of rotatable bonds is 7. The van der Waals surface area contributed by atoms with Crippen LogP contribution in [0.25, 0.3) is 0 Å². The predicted molar refractivity (Wildman–Crippen MR) is 83.2 cm³/mol. The average molecular weight is 310 g/mol. The van der Waals surface area contributed by atoms with Crippen molar-refractivity contribution in [2.45, 2.75) is 13.0 Å². The highest BCUT2D eigenvalue weighted by molar-refractivity contribution is 6.32. The van der Waals surface area contributed by atoms with Crippen molar-refractivity contribution in [3.63, 3.8) is 0 Å². The van der Waals surface area contributed by atoms with E-state index >= 15 is 0 Å².